The topological polar surface area (TPSA) is 144 Å². The van der Waals surface area contributed by atoms with Gasteiger partial charge in [-0.2, -0.15) is 5.10 Å². The third kappa shape index (κ3) is 6.44. The Kier molecular flexibility index (Phi) is 8.83. The van der Waals surface area contributed by atoms with Crippen LogP contribution in [0.1, 0.15) is 23.8 Å². The zero-order valence-electron chi connectivity index (χ0n) is 22.9. The van der Waals surface area contributed by atoms with Crippen molar-refractivity contribution in [3.63, 3.8) is 0 Å². The molecular formula is C28H28BrFN8O4. The molecule has 0 unspecified atom stereocenters. The zero-order chi connectivity index (χ0) is 29.8. The lowest BCUT2D eigenvalue weighted by molar-refractivity contribution is -0.137. The number of halogens is 2. The predicted molar refractivity (Wildman–Crippen MR) is 157 cm³/mol. The minimum Gasteiger partial charge on any atom is -0.383 e. The number of ether oxygens (including phenoxy) is 1. The van der Waals surface area contributed by atoms with Crippen molar-refractivity contribution in [1.29, 1.82) is 0 Å². The van der Waals surface area contributed by atoms with Crippen LogP contribution in [0.3, 0.4) is 0 Å². The van der Waals surface area contributed by atoms with Crippen LogP contribution >= 0.6 is 15.9 Å². The normalized spacial score (nSPS) is 16.5. The number of carbonyl (C=O) groups is 3. The first-order chi connectivity index (χ1) is 20.2. The van der Waals surface area contributed by atoms with Gasteiger partial charge in [0, 0.05) is 50.3 Å². The molecule has 42 heavy (non-hydrogen) atoms. The standard InChI is InChI=1S/C28H28BrFN8O4/c1-16(39)26-20-10-17(18-12-32-28(33-13-18)31-8-9-42-2)6-7-21(20)38(36-26)15-25(40)37-14-19(30)11-22(37)27(41)35-24-5-3-4-23(29)34-24/h3-7,10,12-13,19,22H,8-9,11,14-15H2,1-2H3,(H,31,32,33)(H,34,35,41)/t19-,22+/m1/s1. The average Bonchev–Trinajstić information content (AvgIpc) is 3.54. The molecule has 0 aliphatic carbocycles. The molecule has 12 nitrogen and oxygen atoms in total. The second kappa shape index (κ2) is 12.7. The molecule has 0 saturated carbocycles. The number of hydrogen-bond donors (Lipinski definition) is 2. The summed E-state index contributed by atoms with van der Waals surface area (Å²) in [4.78, 5) is 52.9. The molecular weight excluding hydrogens is 611 g/mol. The van der Waals surface area contributed by atoms with Gasteiger partial charge in [0.1, 0.15) is 34.9 Å². The van der Waals surface area contributed by atoms with Crippen LogP contribution in [0.4, 0.5) is 16.2 Å². The van der Waals surface area contributed by atoms with Gasteiger partial charge < -0.3 is 20.3 Å². The molecule has 2 amide bonds. The van der Waals surface area contributed by atoms with Crippen LogP contribution in [0.2, 0.25) is 0 Å². The zero-order valence-corrected chi connectivity index (χ0v) is 24.5. The van der Waals surface area contributed by atoms with Gasteiger partial charge in [-0.3, -0.25) is 19.1 Å². The van der Waals surface area contributed by atoms with Gasteiger partial charge in [-0.05, 0) is 45.8 Å². The lowest BCUT2D eigenvalue weighted by atomic mass is 10.0. The number of ketones is 1. The van der Waals surface area contributed by atoms with Gasteiger partial charge in [0.25, 0.3) is 0 Å². The van der Waals surface area contributed by atoms with Crippen LogP contribution in [0.5, 0.6) is 0 Å². The molecule has 1 aliphatic heterocycles. The highest BCUT2D eigenvalue weighted by molar-refractivity contribution is 9.10. The highest BCUT2D eigenvalue weighted by atomic mass is 79.9. The average molecular weight is 639 g/mol. The lowest BCUT2D eigenvalue weighted by Gasteiger charge is -2.23. The molecule has 2 atom stereocenters. The summed E-state index contributed by atoms with van der Waals surface area (Å²) in [6, 6.07) is 9.37. The second-order valence-corrected chi connectivity index (χ2v) is 10.6. The van der Waals surface area contributed by atoms with Gasteiger partial charge in [-0.1, -0.05) is 12.1 Å². The van der Waals surface area contributed by atoms with E-state index in [4.69, 9.17) is 4.74 Å². The molecule has 0 spiro atoms. The number of Topliss-reactive ketones (excluding diaryl/α,β-unsaturated/α-hetero) is 1. The first kappa shape index (κ1) is 29.2. The number of fused-ring (bicyclic) bond motifs is 1. The SMILES string of the molecule is COCCNc1ncc(-c2ccc3c(c2)c(C(C)=O)nn3CC(=O)N2C[C@H](F)C[C@H]2C(=O)Nc2cccc(Br)n2)cn1. The molecule has 4 heterocycles. The highest BCUT2D eigenvalue weighted by Gasteiger charge is 2.40. The number of aromatic nitrogens is 5. The largest absolute Gasteiger partial charge is 0.383 e. The van der Waals surface area contributed by atoms with Crippen molar-refractivity contribution in [2.45, 2.75) is 32.1 Å². The van der Waals surface area contributed by atoms with Crippen LogP contribution < -0.4 is 10.6 Å². The first-order valence-corrected chi connectivity index (χ1v) is 14.0. The molecule has 1 saturated heterocycles. The summed E-state index contributed by atoms with van der Waals surface area (Å²) in [6.07, 6.45) is 1.85. The van der Waals surface area contributed by atoms with E-state index in [1.165, 1.54) is 16.5 Å². The van der Waals surface area contributed by atoms with Crippen molar-refractivity contribution in [1.82, 2.24) is 29.6 Å². The Morgan fingerprint density at radius 3 is 2.64 bits per heavy atom. The van der Waals surface area contributed by atoms with Crippen LogP contribution in [-0.2, 0) is 20.9 Å². The number of nitrogens with one attached hydrogen (secondary N) is 2. The summed E-state index contributed by atoms with van der Waals surface area (Å²) in [5.41, 5.74) is 2.23. The molecule has 1 fully saturated rings. The first-order valence-electron chi connectivity index (χ1n) is 13.2. The Bertz CT molecular complexity index is 1630. The summed E-state index contributed by atoms with van der Waals surface area (Å²) in [5, 5.41) is 10.7. The Labute approximate surface area is 248 Å². The fourth-order valence-electron chi connectivity index (χ4n) is 4.79. The maximum Gasteiger partial charge on any atom is 0.248 e. The third-order valence-corrected chi connectivity index (χ3v) is 7.22. The molecule has 1 aliphatic rings. The number of methoxy groups -OCH3 is 1. The predicted octanol–water partition coefficient (Wildman–Crippen LogP) is 3.49. The van der Waals surface area contributed by atoms with E-state index in [2.05, 4.69) is 46.6 Å². The van der Waals surface area contributed by atoms with E-state index in [-0.39, 0.29) is 36.8 Å². The van der Waals surface area contributed by atoms with Crippen molar-refractivity contribution in [3.8, 4) is 11.1 Å². The van der Waals surface area contributed by atoms with Crippen LogP contribution in [0.15, 0.2) is 53.4 Å². The Morgan fingerprint density at radius 1 is 1.14 bits per heavy atom. The molecule has 5 rings (SSSR count). The molecule has 0 bridgehead atoms. The van der Waals surface area contributed by atoms with E-state index >= 15 is 0 Å². The number of likely N-dealkylation sites (tertiary alicyclic amines) is 1. The number of pyridine rings is 1. The van der Waals surface area contributed by atoms with E-state index < -0.39 is 24.0 Å². The molecule has 14 heteroatoms. The Balaban J connectivity index is 1.36. The monoisotopic (exact) mass is 638 g/mol. The Hall–Kier alpha value is -4.30. The number of anilines is 2. The fraction of sp³-hybridized carbons (Fsp3) is 0.321. The highest BCUT2D eigenvalue weighted by Crippen LogP contribution is 2.28. The van der Waals surface area contributed by atoms with E-state index in [1.807, 2.05) is 6.07 Å². The minimum absolute atomic E-state index is 0.129. The molecule has 4 aromatic rings. The van der Waals surface area contributed by atoms with Gasteiger partial charge in [-0.15, -0.1) is 0 Å². The number of benzene rings is 1. The molecule has 3 aromatic heterocycles. The van der Waals surface area contributed by atoms with Crippen molar-refractivity contribution in [2.24, 2.45) is 0 Å². The lowest BCUT2D eigenvalue weighted by Crippen LogP contribution is -2.44. The van der Waals surface area contributed by atoms with Gasteiger partial charge in [-0.25, -0.2) is 19.3 Å². The summed E-state index contributed by atoms with van der Waals surface area (Å²) >= 11 is 3.25. The van der Waals surface area contributed by atoms with E-state index in [9.17, 15) is 18.8 Å². The summed E-state index contributed by atoms with van der Waals surface area (Å²) in [6.45, 7) is 1.99. The molecule has 218 valence electrons. The maximum absolute atomic E-state index is 14.5. The number of nitrogens with zero attached hydrogens (tertiary/aromatic N) is 6. The molecule has 0 radical (unpaired) electrons. The van der Waals surface area contributed by atoms with Crippen molar-refractivity contribution in [3.05, 3.63) is 59.1 Å². The van der Waals surface area contributed by atoms with Crippen molar-refractivity contribution >= 4 is 56.2 Å². The summed E-state index contributed by atoms with van der Waals surface area (Å²) in [7, 11) is 1.61. The summed E-state index contributed by atoms with van der Waals surface area (Å²) in [5.74, 6) is -0.556. The number of rotatable bonds is 10. The maximum atomic E-state index is 14.5. The van der Waals surface area contributed by atoms with Crippen LogP contribution in [0, 0.1) is 0 Å². The number of alkyl halides is 1. The van der Waals surface area contributed by atoms with E-state index in [0.29, 0.717) is 34.6 Å². The number of amides is 2. The van der Waals surface area contributed by atoms with Gasteiger partial charge >= 0.3 is 0 Å². The molecule has 2 N–H and O–H groups in total. The van der Waals surface area contributed by atoms with Gasteiger partial charge in [0.05, 0.1) is 18.7 Å². The summed E-state index contributed by atoms with van der Waals surface area (Å²) < 4.78 is 21.4. The number of carbonyl (C=O) groups excluding carboxylic acids is 3. The van der Waals surface area contributed by atoms with E-state index in [0.717, 1.165) is 11.1 Å². The number of hydrogen-bond acceptors (Lipinski definition) is 9. The van der Waals surface area contributed by atoms with E-state index in [1.54, 1.807) is 49.8 Å². The van der Waals surface area contributed by atoms with Gasteiger partial charge in [0.15, 0.2) is 5.78 Å². The van der Waals surface area contributed by atoms with Crippen LogP contribution in [-0.4, -0.2) is 86.2 Å². The molecule has 1 aromatic carbocycles. The smallest absolute Gasteiger partial charge is 0.248 e. The quantitative estimate of drug-likeness (QED) is 0.151. The van der Waals surface area contributed by atoms with Crippen molar-refractivity contribution < 1.29 is 23.5 Å². The minimum atomic E-state index is -1.35. The van der Waals surface area contributed by atoms with Gasteiger partial charge in [0.2, 0.25) is 17.8 Å². The Morgan fingerprint density at radius 2 is 1.93 bits per heavy atom. The van der Waals surface area contributed by atoms with Crippen molar-refractivity contribution in [2.75, 3.05) is 37.4 Å². The fourth-order valence-corrected chi connectivity index (χ4v) is 5.13. The van der Waals surface area contributed by atoms with Crippen LogP contribution in [0.25, 0.3) is 22.0 Å². The second-order valence-electron chi connectivity index (χ2n) is 9.74. The third-order valence-electron chi connectivity index (χ3n) is 6.78.